The van der Waals surface area contributed by atoms with Gasteiger partial charge in [-0.05, 0) is 52.2 Å². The summed E-state index contributed by atoms with van der Waals surface area (Å²) < 4.78 is 11.7. The summed E-state index contributed by atoms with van der Waals surface area (Å²) in [5, 5.41) is 0. The number of hydrogen-bond acceptors (Lipinski definition) is 4. The van der Waals surface area contributed by atoms with Gasteiger partial charge in [0, 0.05) is 12.7 Å². The second-order valence-electron chi connectivity index (χ2n) is 7.24. The number of carbonyl (C=O) groups excluding carboxylic acids is 1. The van der Waals surface area contributed by atoms with Crippen LogP contribution in [-0.4, -0.2) is 40.3 Å². The van der Waals surface area contributed by atoms with Crippen molar-refractivity contribution in [3.05, 3.63) is 29.6 Å². The fraction of sp³-hybridized carbons (Fsp3) is 0.667. The monoisotopic (exact) mass is 320 g/mol. The molecule has 5 nitrogen and oxygen atoms in total. The molecular formula is C18H28N2O3. The van der Waals surface area contributed by atoms with Crippen molar-refractivity contribution in [2.24, 2.45) is 0 Å². The molecule has 1 unspecified atom stereocenters. The molecule has 1 atom stereocenters. The summed E-state index contributed by atoms with van der Waals surface area (Å²) in [6.45, 7) is 11.5. The molecule has 0 bridgehead atoms. The zero-order chi connectivity index (χ0) is 17.1. The summed E-state index contributed by atoms with van der Waals surface area (Å²) in [6, 6.07) is 3.96. The molecule has 128 valence electrons. The lowest BCUT2D eigenvalue weighted by atomic mass is 10.00. The van der Waals surface area contributed by atoms with E-state index >= 15 is 0 Å². The second kappa shape index (κ2) is 6.87. The van der Waals surface area contributed by atoms with Gasteiger partial charge < -0.3 is 14.4 Å². The smallest absolute Gasteiger partial charge is 0.410 e. The Morgan fingerprint density at radius 3 is 2.78 bits per heavy atom. The third-order valence-electron chi connectivity index (χ3n) is 4.25. The van der Waals surface area contributed by atoms with E-state index in [1.807, 2.05) is 39.8 Å². The van der Waals surface area contributed by atoms with Gasteiger partial charge in [-0.2, -0.15) is 0 Å². The van der Waals surface area contributed by atoms with Crippen LogP contribution in [0.5, 0.6) is 0 Å². The molecule has 5 heteroatoms. The van der Waals surface area contributed by atoms with Gasteiger partial charge in [0.25, 0.3) is 0 Å². The number of rotatable bonds is 4. The standard InChI is InChI=1S/C18H28N2O3/c1-6-18(22-12-15-14(2)8-7-10-19-15)9-11-20(13-18)16(21)23-17(3,4)5/h7-8,10H,6,9,11-13H2,1-5H3. The molecule has 0 radical (unpaired) electrons. The molecule has 1 aliphatic heterocycles. The summed E-state index contributed by atoms with van der Waals surface area (Å²) in [7, 11) is 0. The number of aryl methyl sites for hydroxylation is 1. The van der Waals surface area contributed by atoms with E-state index < -0.39 is 5.60 Å². The van der Waals surface area contributed by atoms with E-state index in [1.54, 1.807) is 11.1 Å². The first-order valence-corrected chi connectivity index (χ1v) is 8.27. The summed E-state index contributed by atoms with van der Waals surface area (Å²) >= 11 is 0. The molecule has 2 rings (SSSR count). The molecule has 0 spiro atoms. The molecule has 1 fully saturated rings. The molecule has 0 aliphatic carbocycles. The van der Waals surface area contributed by atoms with E-state index in [0.717, 1.165) is 24.1 Å². The number of amides is 1. The van der Waals surface area contributed by atoms with Crippen molar-refractivity contribution in [3.63, 3.8) is 0 Å². The topological polar surface area (TPSA) is 51.7 Å². The summed E-state index contributed by atoms with van der Waals surface area (Å²) in [4.78, 5) is 18.4. The summed E-state index contributed by atoms with van der Waals surface area (Å²) in [5.74, 6) is 0. The van der Waals surface area contributed by atoms with Gasteiger partial charge in [-0.3, -0.25) is 4.98 Å². The highest BCUT2D eigenvalue weighted by Crippen LogP contribution is 2.31. The van der Waals surface area contributed by atoms with Crippen LogP contribution in [0, 0.1) is 6.92 Å². The summed E-state index contributed by atoms with van der Waals surface area (Å²) in [6.07, 6.45) is 3.21. The van der Waals surface area contributed by atoms with Crippen LogP contribution in [0.4, 0.5) is 4.79 Å². The van der Waals surface area contributed by atoms with Gasteiger partial charge in [-0.1, -0.05) is 13.0 Å². The van der Waals surface area contributed by atoms with Gasteiger partial charge in [0.1, 0.15) is 5.60 Å². The average molecular weight is 320 g/mol. The van der Waals surface area contributed by atoms with E-state index in [2.05, 4.69) is 11.9 Å². The normalized spacial score (nSPS) is 21.5. The van der Waals surface area contributed by atoms with E-state index in [1.165, 1.54) is 0 Å². The number of pyridine rings is 1. The number of carbonyl (C=O) groups is 1. The predicted octanol–water partition coefficient (Wildman–Crippen LogP) is 3.70. The van der Waals surface area contributed by atoms with Crippen LogP contribution >= 0.6 is 0 Å². The zero-order valence-corrected chi connectivity index (χ0v) is 14.9. The van der Waals surface area contributed by atoms with Crippen molar-refractivity contribution < 1.29 is 14.3 Å². The Kier molecular flexibility index (Phi) is 5.30. The largest absolute Gasteiger partial charge is 0.444 e. The van der Waals surface area contributed by atoms with Crippen molar-refractivity contribution >= 4 is 6.09 Å². The summed E-state index contributed by atoms with van der Waals surface area (Å²) in [5.41, 5.74) is 1.30. The number of nitrogens with zero attached hydrogens (tertiary/aromatic N) is 2. The SMILES string of the molecule is CCC1(OCc2ncccc2C)CCN(C(=O)OC(C)(C)C)C1. The van der Waals surface area contributed by atoms with E-state index in [0.29, 0.717) is 19.7 Å². The minimum Gasteiger partial charge on any atom is -0.444 e. The molecule has 0 N–H and O–H groups in total. The van der Waals surface area contributed by atoms with Crippen LogP contribution in [0.25, 0.3) is 0 Å². The van der Waals surface area contributed by atoms with E-state index in [9.17, 15) is 4.79 Å². The molecule has 2 heterocycles. The lowest BCUT2D eigenvalue weighted by Crippen LogP contribution is -2.40. The molecular weight excluding hydrogens is 292 g/mol. The Morgan fingerprint density at radius 1 is 1.43 bits per heavy atom. The quantitative estimate of drug-likeness (QED) is 0.849. The molecule has 0 aromatic carbocycles. The number of likely N-dealkylation sites (tertiary alicyclic amines) is 1. The van der Waals surface area contributed by atoms with Gasteiger partial charge in [-0.25, -0.2) is 4.79 Å². The predicted molar refractivity (Wildman–Crippen MR) is 89.2 cm³/mol. The maximum atomic E-state index is 12.2. The fourth-order valence-corrected chi connectivity index (χ4v) is 2.73. The third kappa shape index (κ3) is 4.67. The van der Waals surface area contributed by atoms with Crippen LogP contribution in [-0.2, 0) is 16.1 Å². The molecule has 1 aliphatic rings. The lowest BCUT2D eigenvalue weighted by Gasteiger charge is -2.29. The Balaban J connectivity index is 1.97. The Bertz CT molecular complexity index is 553. The third-order valence-corrected chi connectivity index (χ3v) is 4.25. The maximum Gasteiger partial charge on any atom is 0.410 e. The molecule has 1 aromatic heterocycles. The molecule has 1 amide bonds. The number of hydrogen-bond donors (Lipinski definition) is 0. The molecule has 1 saturated heterocycles. The van der Waals surface area contributed by atoms with Crippen LogP contribution in [0.2, 0.25) is 0 Å². The molecule has 1 aromatic rings. The minimum absolute atomic E-state index is 0.259. The van der Waals surface area contributed by atoms with Crippen LogP contribution < -0.4 is 0 Å². The van der Waals surface area contributed by atoms with Gasteiger partial charge in [0.05, 0.1) is 24.4 Å². The second-order valence-corrected chi connectivity index (χ2v) is 7.24. The van der Waals surface area contributed by atoms with Crippen LogP contribution in [0.3, 0.4) is 0 Å². The molecule has 0 saturated carbocycles. The Hall–Kier alpha value is -1.62. The van der Waals surface area contributed by atoms with Gasteiger partial charge in [0.15, 0.2) is 0 Å². The Labute approximate surface area is 139 Å². The highest BCUT2D eigenvalue weighted by Gasteiger charge is 2.41. The number of aromatic nitrogens is 1. The van der Waals surface area contributed by atoms with Crippen molar-refractivity contribution in [1.29, 1.82) is 0 Å². The maximum absolute atomic E-state index is 12.2. The highest BCUT2D eigenvalue weighted by molar-refractivity contribution is 5.68. The van der Waals surface area contributed by atoms with Crippen molar-refractivity contribution in [1.82, 2.24) is 9.88 Å². The number of ether oxygens (including phenoxy) is 2. The first kappa shape index (κ1) is 17.7. The van der Waals surface area contributed by atoms with Crippen LogP contribution in [0.15, 0.2) is 18.3 Å². The van der Waals surface area contributed by atoms with Crippen molar-refractivity contribution in [2.45, 2.75) is 65.3 Å². The Morgan fingerprint density at radius 2 is 2.17 bits per heavy atom. The van der Waals surface area contributed by atoms with E-state index in [-0.39, 0.29) is 11.7 Å². The molecule has 23 heavy (non-hydrogen) atoms. The highest BCUT2D eigenvalue weighted by atomic mass is 16.6. The average Bonchev–Trinajstić information content (AvgIpc) is 2.90. The van der Waals surface area contributed by atoms with E-state index in [4.69, 9.17) is 9.47 Å². The zero-order valence-electron chi connectivity index (χ0n) is 14.9. The first-order valence-electron chi connectivity index (χ1n) is 8.27. The van der Waals surface area contributed by atoms with Gasteiger partial charge >= 0.3 is 6.09 Å². The fourth-order valence-electron chi connectivity index (χ4n) is 2.73. The van der Waals surface area contributed by atoms with Gasteiger partial charge in [-0.15, -0.1) is 0 Å². The lowest BCUT2D eigenvalue weighted by molar-refractivity contribution is -0.0541. The first-order chi connectivity index (χ1) is 10.7. The minimum atomic E-state index is -0.472. The van der Waals surface area contributed by atoms with Crippen LogP contribution in [0.1, 0.15) is 51.8 Å². The van der Waals surface area contributed by atoms with Gasteiger partial charge in [0.2, 0.25) is 0 Å². The van der Waals surface area contributed by atoms with Crippen molar-refractivity contribution in [3.8, 4) is 0 Å². The van der Waals surface area contributed by atoms with Crippen molar-refractivity contribution in [2.75, 3.05) is 13.1 Å².